The Kier molecular flexibility index (Phi) is 7.86. The van der Waals surface area contributed by atoms with Crippen LogP contribution >= 0.6 is 0 Å². The second-order valence-electron chi connectivity index (χ2n) is 9.00. The molecule has 2 aliphatic rings. The molecule has 0 aromatic heterocycles. The zero-order valence-electron chi connectivity index (χ0n) is 18.7. The summed E-state index contributed by atoms with van der Waals surface area (Å²) in [6.07, 6.45) is 2.52. The Morgan fingerprint density at radius 3 is 2.55 bits per heavy atom. The van der Waals surface area contributed by atoms with E-state index >= 15 is 0 Å². The van der Waals surface area contributed by atoms with E-state index < -0.39 is 29.5 Å². The highest BCUT2D eigenvalue weighted by molar-refractivity contribution is 6.58. The molecule has 0 unspecified atom stereocenters. The molecule has 33 heavy (non-hydrogen) atoms. The lowest BCUT2D eigenvalue weighted by Crippen LogP contribution is -2.46. The van der Waals surface area contributed by atoms with Gasteiger partial charge in [0.1, 0.15) is 0 Å². The molecule has 1 saturated carbocycles. The van der Waals surface area contributed by atoms with E-state index in [4.69, 9.17) is 7.85 Å². The first-order chi connectivity index (χ1) is 15.6. The summed E-state index contributed by atoms with van der Waals surface area (Å²) in [6, 6.07) is 4.99. The number of alkyl halides is 2. The Morgan fingerprint density at radius 1 is 1.18 bits per heavy atom. The maximum absolute atomic E-state index is 14.6. The van der Waals surface area contributed by atoms with Crippen molar-refractivity contribution in [2.45, 2.75) is 64.5 Å². The van der Waals surface area contributed by atoms with Gasteiger partial charge >= 0.3 is 5.92 Å². The quantitative estimate of drug-likeness (QED) is 0.585. The van der Waals surface area contributed by atoms with Gasteiger partial charge in [0.05, 0.1) is 0 Å². The van der Waals surface area contributed by atoms with Crippen molar-refractivity contribution in [3.8, 4) is 0 Å². The zero-order chi connectivity index (χ0) is 24.2. The van der Waals surface area contributed by atoms with Gasteiger partial charge in [0.2, 0.25) is 13.8 Å². The molecule has 2 N–H and O–H groups in total. The van der Waals surface area contributed by atoms with Crippen LogP contribution in [-0.2, 0) is 22.7 Å². The molecule has 4 amide bonds. The van der Waals surface area contributed by atoms with Gasteiger partial charge < -0.3 is 15.5 Å². The molecule has 176 valence electrons. The fourth-order valence-electron chi connectivity index (χ4n) is 4.46. The Balaban J connectivity index is 1.51. The molecule has 1 aliphatic carbocycles. The number of nitrogens with one attached hydrogen (secondary N) is 2. The average Bonchev–Trinajstić information content (AvgIpc) is 3.06. The molecule has 0 bridgehead atoms. The van der Waals surface area contributed by atoms with Gasteiger partial charge in [-0.1, -0.05) is 31.9 Å². The number of carbonyl (C=O) groups is 4. The van der Waals surface area contributed by atoms with Crippen LogP contribution in [-0.4, -0.2) is 48.7 Å². The van der Waals surface area contributed by atoms with E-state index in [9.17, 15) is 28.0 Å². The van der Waals surface area contributed by atoms with Crippen LogP contribution in [0.3, 0.4) is 0 Å². The number of imide groups is 1. The maximum atomic E-state index is 14.6. The predicted molar refractivity (Wildman–Crippen MR) is 118 cm³/mol. The van der Waals surface area contributed by atoms with Crippen LogP contribution in [0.2, 0.25) is 0 Å². The summed E-state index contributed by atoms with van der Waals surface area (Å²) >= 11 is 0. The molecule has 7 nitrogen and oxygen atoms in total. The van der Waals surface area contributed by atoms with E-state index in [1.54, 1.807) is 23.1 Å². The Morgan fingerprint density at radius 2 is 1.88 bits per heavy atom. The SMILES string of the molecule is [B]C(=O)NC(=O)CCCN1Cc2cc(CNC(=O)C(F)(F)C3CCC(C)CC3)ccc2C1=O. The maximum Gasteiger partial charge on any atom is 0.327 e. The predicted octanol–water partition coefficient (Wildman–Crippen LogP) is 2.91. The van der Waals surface area contributed by atoms with Crippen LogP contribution in [0.4, 0.5) is 13.6 Å². The summed E-state index contributed by atoms with van der Waals surface area (Å²) in [5.41, 5.74) is 1.88. The topological polar surface area (TPSA) is 95.6 Å². The number of rotatable bonds is 8. The molecule has 1 heterocycles. The average molecular weight is 459 g/mol. The monoisotopic (exact) mass is 459 g/mol. The number of hydrogen-bond acceptors (Lipinski definition) is 4. The van der Waals surface area contributed by atoms with Crippen LogP contribution in [0, 0.1) is 11.8 Å². The van der Waals surface area contributed by atoms with Gasteiger partial charge in [0.15, 0.2) is 5.81 Å². The summed E-state index contributed by atoms with van der Waals surface area (Å²) < 4.78 is 29.2. The molecule has 0 spiro atoms. The number of fused-ring (bicyclic) bond motifs is 1. The highest BCUT2D eigenvalue weighted by Gasteiger charge is 2.47. The van der Waals surface area contributed by atoms with Crippen LogP contribution in [0.5, 0.6) is 0 Å². The lowest BCUT2D eigenvalue weighted by atomic mass is 9.79. The minimum atomic E-state index is -3.40. The Hall–Kier alpha value is -2.78. The Bertz CT molecular complexity index is 932. The molecule has 1 aromatic rings. The summed E-state index contributed by atoms with van der Waals surface area (Å²) in [4.78, 5) is 48.5. The number of hydrogen-bond donors (Lipinski definition) is 2. The summed E-state index contributed by atoms with van der Waals surface area (Å²) in [6.45, 7) is 2.63. The first-order valence-corrected chi connectivity index (χ1v) is 11.2. The van der Waals surface area contributed by atoms with Gasteiger partial charge in [0, 0.05) is 37.5 Å². The fourth-order valence-corrected chi connectivity index (χ4v) is 4.46. The molecule has 1 aliphatic heterocycles. The van der Waals surface area contributed by atoms with Gasteiger partial charge in [-0.05, 0) is 42.4 Å². The third-order valence-corrected chi connectivity index (χ3v) is 6.43. The zero-order valence-corrected chi connectivity index (χ0v) is 18.7. The van der Waals surface area contributed by atoms with E-state index in [0.717, 1.165) is 5.56 Å². The van der Waals surface area contributed by atoms with Gasteiger partial charge in [-0.2, -0.15) is 8.78 Å². The van der Waals surface area contributed by atoms with Crippen molar-refractivity contribution in [3.05, 3.63) is 34.9 Å². The number of halogens is 2. The Labute approximate surface area is 193 Å². The van der Waals surface area contributed by atoms with Gasteiger partial charge in [0.25, 0.3) is 11.8 Å². The van der Waals surface area contributed by atoms with E-state index in [1.165, 1.54) is 0 Å². The first kappa shape index (κ1) is 24.9. The number of benzene rings is 1. The van der Waals surface area contributed by atoms with E-state index in [-0.39, 0.29) is 18.9 Å². The number of amides is 4. The highest BCUT2D eigenvalue weighted by Crippen LogP contribution is 2.38. The van der Waals surface area contributed by atoms with E-state index in [1.807, 2.05) is 12.2 Å². The normalized spacial score (nSPS) is 20.3. The van der Waals surface area contributed by atoms with Crippen LogP contribution in [0.1, 0.15) is 66.9 Å². The molecular weight excluding hydrogens is 431 g/mol. The van der Waals surface area contributed by atoms with E-state index in [0.29, 0.717) is 62.2 Å². The standard InChI is InChI=1S/C23H28BF2N3O4/c1-14-4-7-17(8-5-14)23(25,26)21(32)27-12-15-6-9-18-16(11-15)13-29(20(18)31)10-2-3-19(30)28-22(24)33/h6,9,11,14,17H,2-5,7-8,10,12-13H2,1H3,(H,27,32)(H,28,30,33). The van der Waals surface area contributed by atoms with Crippen molar-refractivity contribution in [3.63, 3.8) is 0 Å². The van der Waals surface area contributed by atoms with E-state index in [2.05, 4.69) is 5.32 Å². The molecule has 1 fully saturated rings. The fraction of sp³-hybridized carbons (Fsp3) is 0.565. The van der Waals surface area contributed by atoms with Crippen molar-refractivity contribution in [2.24, 2.45) is 11.8 Å². The molecule has 0 saturated heterocycles. The van der Waals surface area contributed by atoms with Crippen molar-refractivity contribution in [1.29, 1.82) is 0 Å². The van der Waals surface area contributed by atoms with Gasteiger partial charge in [-0.15, -0.1) is 0 Å². The third kappa shape index (κ3) is 6.18. The first-order valence-electron chi connectivity index (χ1n) is 11.2. The third-order valence-electron chi connectivity index (χ3n) is 6.43. The second kappa shape index (κ2) is 10.4. The lowest BCUT2D eigenvalue weighted by Gasteiger charge is -2.31. The molecule has 0 atom stereocenters. The number of nitrogens with zero attached hydrogens (tertiary/aromatic N) is 1. The van der Waals surface area contributed by atoms with Crippen LogP contribution in [0.25, 0.3) is 0 Å². The van der Waals surface area contributed by atoms with Crippen molar-refractivity contribution in [2.75, 3.05) is 6.54 Å². The van der Waals surface area contributed by atoms with Gasteiger partial charge in [-0.25, -0.2) is 0 Å². The number of carbonyl (C=O) groups excluding carboxylic acids is 4. The van der Waals surface area contributed by atoms with Crippen LogP contribution < -0.4 is 10.6 Å². The van der Waals surface area contributed by atoms with Crippen molar-refractivity contribution < 1.29 is 28.0 Å². The molecule has 10 heteroatoms. The largest absolute Gasteiger partial charge is 0.347 e. The second-order valence-corrected chi connectivity index (χ2v) is 9.00. The molecular formula is C23H28BF2N3O4. The summed E-state index contributed by atoms with van der Waals surface area (Å²) in [7, 11) is 4.89. The van der Waals surface area contributed by atoms with Crippen LogP contribution in [0.15, 0.2) is 18.2 Å². The van der Waals surface area contributed by atoms with Crippen molar-refractivity contribution in [1.82, 2.24) is 15.5 Å². The lowest BCUT2D eigenvalue weighted by molar-refractivity contribution is -0.156. The minimum absolute atomic E-state index is 0.0493. The smallest absolute Gasteiger partial charge is 0.327 e. The molecule has 2 radical (unpaired) electrons. The van der Waals surface area contributed by atoms with Crippen molar-refractivity contribution >= 4 is 31.4 Å². The highest BCUT2D eigenvalue weighted by atomic mass is 19.3. The summed E-state index contributed by atoms with van der Waals surface area (Å²) in [5.74, 6) is -6.78. The van der Waals surface area contributed by atoms with Gasteiger partial charge in [-0.3, -0.25) is 19.2 Å². The molecule has 3 rings (SSSR count). The minimum Gasteiger partial charge on any atom is -0.347 e. The molecule has 1 aromatic carbocycles. The summed E-state index contributed by atoms with van der Waals surface area (Å²) in [5, 5.41) is 4.32.